The van der Waals surface area contributed by atoms with Crippen LogP contribution in [0.2, 0.25) is 0 Å². The molecule has 2 N–H and O–H groups in total. The fourth-order valence-electron chi connectivity index (χ4n) is 6.36. The number of piperidine rings is 1. The average molecular weight is 677 g/mol. The number of nitrogens with zero attached hydrogens (tertiary/aromatic N) is 5. The first kappa shape index (κ1) is 33.8. The molecule has 49 heavy (non-hydrogen) atoms. The van der Waals surface area contributed by atoms with E-state index in [1.54, 1.807) is 6.07 Å². The van der Waals surface area contributed by atoms with Crippen LogP contribution in [0.5, 0.6) is 0 Å². The molecule has 2 aromatic heterocycles. The Morgan fingerprint density at radius 2 is 1.65 bits per heavy atom. The van der Waals surface area contributed by atoms with E-state index in [2.05, 4.69) is 47.0 Å². The number of thiophene rings is 1. The summed E-state index contributed by atoms with van der Waals surface area (Å²) >= 11 is 1.41. The highest BCUT2D eigenvalue weighted by Crippen LogP contribution is 2.36. The molecule has 2 aromatic carbocycles. The first-order valence-electron chi connectivity index (χ1n) is 16.5. The van der Waals surface area contributed by atoms with Crippen molar-refractivity contribution >= 4 is 34.8 Å². The molecule has 10 nitrogen and oxygen atoms in total. The van der Waals surface area contributed by atoms with Crippen LogP contribution < -0.4 is 10.2 Å². The SMILES string of the molecule is CC(C)(C)c1ccc(C(=O)NC(Cc2ccc(-c3ncc(N4CCC(C#N)(c5ccccc5)CC4)cn3)cc2)C(=O)N2CC(C(=O)O)C2)s1. The fourth-order valence-corrected chi connectivity index (χ4v) is 7.32. The summed E-state index contributed by atoms with van der Waals surface area (Å²) in [5.41, 5.74) is 3.04. The summed E-state index contributed by atoms with van der Waals surface area (Å²) in [6, 6.07) is 23.0. The van der Waals surface area contributed by atoms with Crippen LogP contribution in [0.1, 0.15) is 59.3 Å². The minimum atomic E-state index is -0.927. The largest absolute Gasteiger partial charge is 0.481 e. The molecule has 11 heteroatoms. The maximum atomic E-state index is 13.5. The van der Waals surface area contributed by atoms with Gasteiger partial charge in [0.25, 0.3) is 5.91 Å². The van der Waals surface area contributed by atoms with E-state index in [1.807, 2.05) is 73.1 Å². The van der Waals surface area contributed by atoms with Gasteiger partial charge in [-0.3, -0.25) is 14.4 Å². The van der Waals surface area contributed by atoms with Crippen molar-refractivity contribution in [2.45, 2.75) is 56.9 Å². The van der Waals surface area contributed by atoms with Crippen molar-refractivity contribution in [3.63, 3.8) is 0 Å². The lowest BCUT2D eigenvalue weighted by Gasteiger charge is -2.38. The number of nitrogens with one attached hydrogen (secondary N) is 1. The van der Waals surface area contributed by atoms with Crippen molar-refractivity contribution in [3.8, 4) is 17.5 Å². The third-order valence-corrected chi connectivity index (χ3v) is 11.0. The van der Waals surface area contributed by atoms with E-state index in [0.29, 0.717) is 10.7 Å². The number of carboxylic acid groups (broad SMARTS) is 1. The maximum Gasteiger partial charge on any atom is 0.310 e. The molecule has 2 aliphatic heterocycles. The van der Waals surface area contributed by atoms with Crippen LogP contribution in [-0.2, 0) is 26.8 Å². The first-order chi connectivity index (χ1) is 23.5. The van der Waals surface area contributed by atoms with Gasteiger partial charge in [0.1, 0.15) is 6.04 Å². The second-order valence-electron chi connectivity index (χ2n) is 13.9. The van der Waals surface area contributed by atoms with E-state index in [4.69, 9.17) is 0 Å². The molecule has 252 valence electrons. The number of amides is 2. The molecule has 0 saturated carbocycles. The second-order valence-corrected chi connectivity index (χ2v) is 15.0. The van der Waals surface area contributed by atoms with Gasteiger partial charge in [-0.25, -0.2) is 9.97 Å². The van der Waals surface area contributed by atoms with Gasteiger partial charge in [-0.2, -0.15) is 5.26 Å². The van der Waals surface area contributed by atoms with E-state index < -0.39 is 23.3 Å². The van der Waals surface area contributed by atoms with Crippen molar-refractivity contribution in [2.75, 3.05) is 31.1 Å². The zero-order valence-electron chi connectivity index (χ0n) is 27.9. The summed E-state index contributed by atoms with van der Waals surface area (Å²) in [7, 11) is 0. The summed E-state index contributed by atoms with van der Waals surface area (Å²) in [5.74, 6) is -1.57. The lowest BCUT2D eigenvalue weighted by molar-refractivity contribution is -0.153. The number of anilines is 1. The molecule has 0 radical (unpaired) electrons. The average Bonchev–Trinajstić information content (AvgIpc) is 3.60. The van der Waals surface area contributed by atoms with Gasteiger partial charge in [0, 0.05) is 43.0 Å². The summed E-state index contributed by atoms with van der Waals surface area (Å²) in [4.78, 5) is 52.7. The molecule has 0 aliphatic carbocycles. The molecule has 1 unspecified atom stereocenters. The first-order valence-corrected chi connectivity index (χ1v) is 17.3. The van der Waals surface area contributed by atoms with Gasteiger partial charge in [-0.1, -0.05) is 75.4 Å². The van der Waals surface area contributed by atoms with Crippen molar-refractivity contribution in [1.29, 1.82) is 5.26 Å². The Morgan fingerprint density at radius 3 is 2.22 bits per heavy atom. The van der Waals surface area contributed by atoms with Gasteiger partial charge < -0.3 is 20.2 Å². The second kappa shape index (κ2) is 13.8. The maximum absolute atomic E-state index is 13.5. The Bertz CT molecular complexity index is 1850. The van der Waals surface area contributed by atoms with Gasteiger partial charge >= 0.3 is 5.97 Å². The highest BCUT2D eigenvalue weighted by molar-refractivity contribution is 7.14. The van der Waals surface area contributed by atoms with Crippen LogP contribution in [0.3, 0.4) is 0 Å². The Balaban J connectivity index is 1.11. The smallest absolute Gasteiger partial charge is 0.310 e. The predicted molar refractivity (Wildman–Crippen MR) is 188 cm³/mol. The van der Waals surface area contributed by atoms with E-state index in [9.17, 15) is 24.8 Å². The van der Waals surface area contributed by atoms with Crippen LogP contribution in [0.25, 0.3) is 11.4 Å². The van der Waals surface area contributed by atoms with Gasteiger partial charge in [0.05, 0.1) is 40.4 Å². The van der Waals surface area contributed by atoms with Crippen LogP contribution >= 0.6 is 11.3 Å². The monoisotopic (exact) mass is 676 g/mol. The van der Waals surface area contributed by atoms with Gasteiger partial charge in [0.2, 0.25) is 5.91 Å². The molecule has 2 saturated heterocycles. The molecule has 6 rings (SSSR count). The minimum absolute atomic E-state index is 0.102. The topological polar surface area (TPSA) is 140 Å². The van der Waals surface area contributed by atoms with Crippen LogP contribution in [0, 0.1) is 17.2 Å². The number of nitriles is 1. The lowest BCUT2D eigenvalue weighted by atomic mass is 9.74. The number of carbonyl (C=O) groups is 3. The predicted octanol–water partition coefficient (Wildman–Crippen LogP) is 5.45. The molecule has 0 spiro atoms. The third kappa shape index (κ3) is 7.34. The van der Waals surface area contributed by atoms with Gasteiger partial charge in [0.15, 0.2) is 5.82 Å². The summed E-state index contributed by atoms with van der Waals surface area (Å²) < 4.78 is 0. The summed E-state index contributed by atoms with van der Waals surface area (Å²) in [6.07, 6.45) is 5.33. The number of aliphatic carboxylic acids is 1. The standard InChI is InChI=1S/C38H40N6O4S/c1-37(2,3)32-14-13-31(49-32)34(45)42-30(35(46)44-22-27(23-44)36(47)48)19-25-9-11-26(12-10-25)33-40-20-29(21-41-33)43-17-15-38(24-39,16-18-43)28-7-5-4-6-8-28/h4-14,20-21,27,30H,15-19,22-23H2,1-3H3,(H,42,45)(H,47,48). The molecule has 2 aliphatic rings. The fraction of sp³-hybridized carbons (Fsp3) is 0.368. The molecular weight excluding hydrogens is 637 g/mol. The number of carbonyl (C=O) groups excluding carboxylic acids is 2. The van der Waals surface area contributed by atoms with Crippen LogP contribution in [0.4, 0.5) is 5.69 Å². The van der Waals surface area contributed by atoms with Crippen molar-refractivity contribution in [2.24, 2.45) is 5.92 Å². The Kier molecular flexibility index (Phi) is 9.52. The van der Waals surface area contributed by atoms with Gasteiger partial charge in [-0.05, 0) is 41.5 Å². The van der Waals surface area contributed by atoms with Crippen molar-refractivity contribution < 1.29 is 19.5 Å². The zero-order valence-corrected chi connectivity index (χ0v) is 28.7. The number of hydrogen-bond acceptors (Lipinski definition) is 8. The number of hydrogen-bond donors (Lipinski definition) is 2. The van der Waals surface area contributed by atoms with E-state index in [0.717, 1.165) is 53.2 Å². The molecule has 2 fully saturated rings. The van der Waals surface area contributed by atoms with Crippen LogP contribution in [-0.4, -0.2) is 70.0 Å². The molecule has 1 atom stereocenters. The van der Waals surface area contributed by atoms with E-state index in [1.165, 1.54) is 16.2 Å². The molecule has 4 aromatic rings. The molecular formula is C38H40N6O4S. The van der Waals surface area contributed by atoms with Crippen molar-refractivity contribution in [1.82, 2.24) is 20.2 Å². The van der Waals surface area contributed by atoms with E-state index in [-0.39, 0.29) is 36.7 Å². The highest BCUT2D eigenvalue weighted by Gasteiger charge is 2.39. The Morgan fingerprint density at radius 1 is 1.00 bits per heavy atom. The summed E-state index contributed by atoms with van der Waals surface area (Å²) in [5, 5.41) is 22.3. The zero-order chi connectivity index (χ0) is 34.8. The van der Waals surface area contributed by atoms with Gasteiger partial charge in [-0.15, -0.1) is 11.3 Å². The number of likely N-dealkylation sites (tertiary alicyclic amines) is 1. The summed E-state index contributed by atoms with van der Waals surface area (Å²) in [6.45, 7) is 7.97. The van der Waals surface area contributed by atoms with E-state index >= 15 is 0 Å². The quantitative estimate of drug-likeness (QED) is 0.239. The normalized spacial score (nSPS) is 16.7. The van der Waals surface area contributed by atoms with Crippen molar-refractivity contribution in [3.05, 3.63) is 100 Å². The van der Waals surface area contributed by atoms with Crippen LogP contribution in [0.15, 0.2) is 79.1 Å². The molecule has 4 heterocycles. The number of carboxylic acids is 1. The highest BCUT2D eigenvalue weighted by atomic mass is 32.1. The Labute approximate surface area is 290 Å². The number of aromatic nitrogens is 2. The molecule has 2 amide bonds. The Hall–Kier alpha value is -5.08. The number of benzene rings is 2. The lowest BCUT2D eigenvalue weighted by Crippen LogP contribution is -2.59. The number of rotatable bonds is 9. The third-order valence-electron chi connectivity index (χ3n) is 9.53. The minimum Gasteiger partial charge on any atom is -0.481 e. The molecule has 0 bridgehead atoms.